The third-order valence-corrected chi connectivity index (χ3v) is 8.47. The van der Waals surface area contributed by atoms with Crippen LogP contribution in [0.5, 0.6) is 0 Å². The lowest BCUT2D eigenvalue weighted by Gasteiger charge is -2.35. The molecule has 3 heterocycles. The van der Waals surface area contributed by atoms with E-state index in [4.69, 9.17) is 0 Å². The second-order valence-electron chi connectivity index (χ2n) is 9.50. The average Bonchev–Trinajstić information content (AvgIpc) is 3.33. The van der Waals surface area contributed by atoms with E-state index in [-0.39, 0.29) is 35.5 Å². The Morgan fingerprint density at radius 3 is 2.52 bits per heavy atom. The molecule has 1 N–H and O–H groups in total. The lowest BCUT2D eigenvalue weighted by atomic mass is 9.97. The molecule has 0 saturated carbocycles. The van der Waals surface area contributed by atoms with Crippen LogP contribution in [0.2, 0.25) is 0 Å². The van der Waals surface area contributed by atoms with E-state index in [0.717, 1.165) is 32.5 Å². The van der Waals surface area contributed by atoms with E-state index in [1.54, 1.807) is 17.1 Å². The third-order valence-electron chi connectivity index (χ3n) is 6.72. The number of likely N-dealkylation sites (tertiary alicyclic amines) is 1. The minimum absolute atomic E-state index is 0.0240. The van der Waals surface area contributed by atoms with Gasteiger partial charge in [0.05, 0.1) is 12.2 Å². The van der Waals surface area contributed by atoms with Crippen LogP contribution < -0.4 is 5.32 Å². The highest BCUT2D eigenvalue weighted by molar-refractivity contribution is 7.89. The number of hydrogen-bond acceptors (Lipinski definition) is 5. The van der Waals surface area contributed by atoms with Gasteiger partial charge in [-0.15, -0.1) is 0 Å². The van der Waals surface area contributed by atoms with Gasteiger partial charge < -0.3 is 9.88 Å². The first-order chi connectivity index (χ1) is 15.8. The van der Waals surface area contributed by atoms with Crippen molar-refractivity contribution in [3.63, 3.8) is 0 Å². The predicted octanol–water partition coefficient (Wildman–Crippen LogP) is 2.65. The molecule has 8 nitrogen and oxygen atoms in total. The zero-order chi connectivity index (χ0) is 23.4. The second kappa shape index (κ2) is 10.4. The zero-order valence-electron chi connectivity index (χ0n) is 19.6. The number of carbonyl (C=O) groups excluding carboxylic acids is 1. The van der Waals surface area contributed by atoms with Gasteiger partial charge in [-0.2, -0.15) is 4.31 Å². The van der Waals surface area contributed by atoms with Crippen molar-refractivity contribution in [2.24, 2.45) is 5.92 Å². The Kier molecular flexibility index (Phi) is 7.51. The van der Waals surface area contributed by atoms with E-state index < -0.39 is 10.0 Å². The van der Waals surface area contributed by atoms with Crippen LogP contribution >= 0.6 is 0 Å². The van der Waals surface area contributed by atoms with Gasteiger partial charge in [-0.3, -0.25) is 9.69 Å². The summed E-state index contributed by atoms with van der Waals surface area (Å²) in [6.07, 6.45) is 6.35. The van der Waals surface area contributed by atoms with Gasteiger partial charge in [0, 0.05) is 51.0 Å². The molecule has 9 heteroatoms. The molecule has 2 saturated heterocycles. The molecule has 2 fully saturated rings. The molecule has 2 aliphatic heterocycles. The Bertz CT molecular complexity index is 1030. The van der Waals surface area contributed by atoms with Crippen molar-refractivity contribution < 1.29 is 13.2 Å². The summed E-state index contributed by atoms with van der Waals surface area (Å²) in [5.74, 6) is -0.341. The summed E-state index contributed by atoms with van der Waals surface area (Å²) in [5.41, 5.74) is 1.31. The second-order valence-corrected chi connectivity index (χ2v) is 11.4. The number of nitrogens with one attached hydrogen (secondary N) is 1. The number of aromatic nitrogens is 2. The maximum Gasteiger partial charge on any atom is 0.262 e. The summed E-state index contributed by atoms with van der Waals surface area (Å²) in [7, 11) is -3.70. The lowest BCUT2D eigenvalue weighted by Crippen LogP contribution is -2.50. The summed E-state index contributed by atoms with van der Waals surface area (Å²) < 4.78 is 29.4. The van der Waals surface area contributed by atoms with Crippen LogP contribution in [0, 0.1) is 5.92 Å². The van der Waals surface area contributed by atoms with E-state index in [9.17, 15) is 13.2 Å². The highest BCUT2D eigenvalue weighted by Crippen LogP contribution is 2.24. The average molecular weight is 474 g/mol. The number of piperidine rings is 2. The van der Waals surface area contributed by atoms with E-state index >= 15 is 0 Å². The highest BCUT2D eigenvalue weighted by atomic mass is 32.2. The van der Waals surface area contributed by atoms with Gasteiger partial charge in [0.2, 0.25) is 5.91 Å². The number of rotatable bonds is 7. The normalized spacial score (nSPS) is 21.4. The van der Waals surface area contributed by atoms with Crippen LogP contribution in [0.1, 0.15) is 51.1 Å². The fourth-order valence-electron chi connectivity index (χ4n) is 4.64. The topological polar surface area (TPSA) is 87.5 Å². The van der Waals surface area contributed by atoms with Crippen molar-refractivity contribution in [1.82, 2.24) is 24.1 Å². The fraction of sp³-hybridized carbons (Fsp3) is 0.583. The van der Waals surface area contributed by atoms with Crippen molar-refractivity contribution in [1.29, 1.82) is 0 Å². The SMILES string of the molecule is CC(C)n1cnc(S(=O)(=O)N2CCC[C@H](C(=O)NC3CCN(Cc4ccccc4)CC3)C2)c1. The van der Waals surface area contributed by atoms with Crippen LogP contribution in [0.3, 0.4) is 0 Å². The Balaban J connectivity index is 1.29. The quantitative estimate of drug-likeness (QED) is 0.668. The monoisotopic (exact) mass is 473 g/mol. The number of sulfonamides is 1. The largest absolute Gasteiger partial charge is 0.353 e. The molecule has 1 aromatic heterocycles. The molecule has 4 rings (SSSR count). The van der Waals surface area contributed by atoms with Gasteiger partial charge in [-0.25, -0.2) is 13.4 Å². The van der Waals surface area contributed by atoms with Crippen LogP contribution in [0.25, 0.3) is 0 Å². The maximum atomic E-state index is 13.1. The number of imidazole rings is 1. The number of benzene rings is 1. The minimum Gasteiger partial charge on any atom is -0.353 e. The van der Waals surface area contributed by atoms with Gasteiger partial charge in [0.25, 0.3) is 10.0 Å². The Morgan fingerprint density at radius 1 is 1.12 bits per heavy atom. The van der Waals surface area contributed by atoms with E-state index in [1.807, 2.05) is 19.9 Å². The van der Waals surface area contributed by atoms with Gasteiger partial charge in [-0.05, 0) is 45.1 Å². The molecule has 0 spiro atoms. The van der Waals surface area contributed by atoms with Gasteiger partial charge in [0.1, 0.15) is 0 Å². The minimum atomic E-state index is -3.70. The molecular formula is C24H35N5O3S. The van der Waals surface area contributed by atoms with Gasteiger partial charge in [0.15, 0.2) is 5.03 Å². The fourth-order valence-corrected chi connectivity index (χ4v) is 6.08. The highest BCUT2D eigenvalue weighted by Gasteiger charge is 2.35. The number of amides is 1. The molecule has 0 aliphatic carbocycles. The first-order valence-electron chi connectivity index (χ1n) is 11.9. The first kappa shape index (κ1) is 23.9. The van der Waals surface area contributed by atoms with Gasteiger partial charge in [-0.1, -0.05) is 30.3 Å². The predicted molar refractivity (Wildman–Crippen MR) is 127 cm³/mol. The number of carbonyl (C=O) groups is 1. The number of nitrogens with zero attached hydrogens (tertiary/aromatic N) is 4. The zero-order valence-corrected chi connectivity index (χ0v) is 20.4. The van der Waals surface area contributed by atoms with Crippen LogP contribution in [0.15, 0.2) is 47.9 Å². The molecule has 0 unspecified atom stereocenters. The first-order valence-corrected chi connectivity index (χ1v) is 13.4. The standard InChI is InChI=1S/C24H35N5O3S/c1-19(2)28-17-23(25-18-28)33(31,32)29-12-6-9-21(16-29)24(30)26-22-10-13-27(14-11-22)15-20-7-4-3-5-8-20/h3-5,7-8,17-19,21-22H,6,9-16H2,1-2H3,(H,26,30)/t21-/m0/s1. The molecule has 2 aromatic rings. The summed E-state index contributed by atoms with van der Waals surface area (Å²) in [6, 6.07) is 10.7. The summed E-state index contributed by atoms with van der Waals surface area (Å²) >= 11 is 0. The van der Waals surface area contributed by atoms with E-state index in [1.165, 1.54) is 9.87 Å². The Labute approximate surface area is 197 Å². The van der Waals surface area contributed by atoms with Crippen LogP contribution in [0.4, 0.5) is 0 Å². The van der Waals surface area contributed by atoms with Crippen molar-refractivity contribution in [3.05, 3.63) is 48.4 Å². The molecule has 1 aromatic carbocycles. The smallest absolute Gasteiger partial charge is 0.262 e. The van der Waals surface area contributed by atoms with Crippen molar-refractivity contribution in [3.8, 4) is 0 Å². The molecule has 33 heavy (non-hydrogen) atoms. The van der Waals surface area contributed by atoms with Crippen molar-refractivity contribution >= 4 is 15.9 Å². The summed E-state index contributed by atoms with van der Waals surface area (Å²) in [4.78, 5) is 19.5. The molecular weight excluding hydrogens is 438 g/mol. The molecule has 0 radical (unpaired) electrons. The Hall–Kier alpha value is -2.23. The Morgan fingerprint density at radius 2 is 1.85 bits per heavy atom. The molecule has 1 amide bonds. The third kappa shape index (κ3) is 5.83. The molecule has 2 aliphatic rings. The number of hydrogen-bond donors (Lipinski definition) is 1. The van der Waals surface area contributed by atoms with E-state index in [0.29, 0.717) is 19.4 Å². The summed E-state index contributed by atoms with van der Waals surface area (Å²) in [5, 5.41) is 3.26. The molecule has 1 atom stereocenters. The van der Waals surface area contributed by atoms with E-state index in [2.05, 4.69) is 39.5 Å². The molecule has 180 valence electrons. The lowest BCUT2D eigenvalue weighted by molar-refractivity contribution is -0.127. The van der Waals surface area contributed by atoms with Gasteiger partial charge >= 0.3 is 0 Å². The summed E-state index contributed by atoms with van der Waals surface area (Å²) in [6.45, 7) is 7.43. The van der Waals surface area contributed by atoms with Crippen LogP contribution in [-0.2, 0) is 21.4 Å². The van der Waals surface area contributed by atoms with Crippen molar-refractivity contribution in [2.45, 2.75) is 63.2 Å². The maximum absolute atomic E-state index is 13.1. The van der Waals surface area contributed by atoms with Crippen LogP contribution in [-0.4, -0.2) is 65.3 Å². The molecule has 0 bridgehead atoms. The van der Waals surface area contributed by atoms with Crippen molar-refractivity contribution in [2.75, 3.05) is 26.2 Å².